The number of halogens is 1. The Morgan fingerprint density at radius 2 is 2.25 bits per heavy atom. The molecule has 1 N–H and O–H groups in total. The van der Waals surface area contributed by atoms with E-state index in [4.69, 9.17) is 0 Å². The maximum absolute atomic E-state index is 14.3. The molecule has 0 saturated carbocycles. The lowest BCUT2D eigenvalue weighted by Crippen LogP contribution is -2.23. The van der Waals surface area contributed by atoms with Gasteiger partial charge in [0.1, 0.15) is 5.82 Å². The molecule has 1 atom stereocenters. The van der Waals surface area contributed by atoms with Gasteiger partial charge in [-0.25, -0.2) is 4.39 Å². The number of rotatable bonds is 3. The third kappa shape index (κ3) is 1.99. The van der Waals surface area contributed by atoms with Crippen molar-refractivity contribution in [2.45, 2.75) is 38.5 Å². The van der Waals surface area contributed by atoms with E-state index in [1.54, 1.807) is 0 Å². The van der Waals surface area contributed by atoms with Crippen molar-refractivity contribution in [1.29, 1.82) is 0 Å². The SMILES string of the molecule is CCc1ccc2c(c1F)C(CNC)CCC2. The number of hydrogen-bond donors (Lipinski definition) is 1. The molecule has 0 saturated heterocycles. The minimum atomic E-state index is 0.0555. The molecule has 0 fully saturated rings. The first-order valence-corrected chi connectivity index (χ1v) is 6.22. The van der Waals surface area contributed by atoms with Crippen molar-refractivity contribution in [2.24, 2.45) is 0 Å². The van der Waals surface area contributed by atoms with Crippen LogP contribution in [0.1, 0.15) is 42.4 Å². The Bertz CT molecular complexity index is 373. The van der Waals surface area contributed by atoms with Crippen LogP contribution in [0.3, 0.4) is 0 Å². The van der Waals surface area contributed by atoms with E-state index in [1.165, 1.54) is 12.0 Å². The molecule has 1 aromatic carbocycles. The lowest BCUT2D eigenvalue weighted by molar-refractivity contribution is 0.488. The summed E-state index contributed by atoms with van der Waals surface area (Å²) in [5, 5.41) is 3.18. The monoisotopic (exact) mass is 221 g/mol. The van der Waals surface area contributed by atoms with E-state index in [1.807, 2.05) is 20.0 Å². The van der Waals surface area contributed by atoms with Gasteiger partial charge in [0.2, 0.25) is 0 Å². The molecule has 0 aliphatic heterocycles. The molecule has 1 aliphatic carbocycles. The van der Waals surface area contributed by atoms with Crippen LogP contribution in [0.2, 0.25) is 0 Å². The Hall–Kier alpha value is -0.890. The zero-order chi connectivity index (χ0) is 11.5. The zero-order valence-corrected chi connectivity index (χ0v) is 10.1. The lowest BCUT2D eigenvalue weighted by atomic mass is 9.81. The summed E-state index contributed by atoms with van der Waals surface area (Å²) in [6.45, 7) is 2.90. The van der Waals surface area contributed by atoms with Crippen LogP contribution in [0.25, 0.3) is 0 Å². The molecule has 1 aliphatic rings. The molecule has 0 heterocycles. The van der Waals surface area contributed by atoms with Crippen LogP contribution >= 0.6 is 0 Å². The van der Waals surface area contributed by atoms with Crippen LogP contribution in [0.4, 0.5) is 4.39 Å². The first-order valence-electron chi connectivity index (χ1n) is 6.22. The number of benzene rings is 1. The normalized spacial score (nSPS) is 19.6. The minimum Gasteiger partial charge on any atom is -0.319 e. The highest BCUT2D eigenvalue weighted by atomic mass is 19.1. The molecule has 1 aromatic rings. The fourth-order valence-electron chi connectivity index (χ4n) is 2.74. The van der Waals surface area contributed by atoms with Crippen LogP contribution in [0, 0.1) is 5.82 Å². The molecule has 2 heteroatoms. The number of hydrogen-bond acceptors (Lipinski definition) is 1. The van der Waals surface area contributed by atoms with Gasteiger partial charge < -0.3 is 5.32 Å². The molecule has 1 unspecified atom stereocenters. The van der Waals surface area contributed by atoms with Crippen molar-refractivity contribution in [3.8, 4) is 0 Å². The quantitative estimate of drug-likeness (QED) is 0.827. The van der Waals surface area contributed by atoms with E-state index in [9.17, 15) is 4.39 Å². The average molecular weight is 221 g/mol. The smallest absolute Gasteiger partial charge is 0.130 e. The third-order valence-electron chi connectivity index (χ3n) is 3.59. The maximum Gasteiger partial charge on any atom is 0.130 e. The number of aryl methyl sites for hydroxylation is 2. The van der Waals surface area contributed by atoms with Crippen molar-refractivity contribution < 1.29 is 4.39 Å². The van der Waals surface area contributed by atoms with Gasteiger partial charge in [-0.1, -0.05) is 19.1 Å². The fourth-order valence-corrected chi connectivity index (χ4v) is 2.74. The van der Waals surface area contributed by atoms with Gasteiger partial charge in [-0.3, -0.25) is 0 Å². The maximum atomic E-state index is 14.3. The van der Waals surface area contributed by atoms with Gasteiger partial charge in [0.05, 0.1) is 0 Å². The highest BCUT2D eigenvalue weighted by Gasteiger charge is 2.24. The Morgan fingerprint density at radius 3 is 2.94 bits per heavy atom. The third-order valence-corrected chi connectivity index (χ3v) is 3.59. The first-order chi connectivity index (χ1) is 7.77. The molecule has 88 valence electrons. The highest BCUT2D eigenvalue weighted by Crippen LogP contribution is 2.34. The number of fused-ring (bicyclic) bond motifs is 1. The van der Waals surface area contributed by atoms with Crippen molar-refractivity contribution in [2.75, 3.05) is 13.6 Å². The van der Waals surface area contributed by atoms with Gasteiger partial charge in [0, 0.05) is 6.54 Å². The molecule has 0 bridgehead atoms. The van der Waals surface area contributed by atoms with E-state index >= 15 is 0 Å². The van der Waals surface area contributed by atoms with E-state index < -0.39 is 0 Å². The highest BCUT2D eigenvalue weighted by molar-refractivity contribution is 5.38. The summed E-state index contributed by atoms with van der Waals surface area (Å²) < 4.78 is 14.3. The summed E-state index contributed by atoms with van der Waals surface area (Å²) >= 11 is 0. The van der Waals surface area contributed by atoms with Crippen LogP contribution < -0.4 is 5.32 Å². The van der Waals surface area contributed by atoms with E-state index in [0.29, 0.717) is 5.92 Å². The predicted molar refractivity (Wildman–Crippen MR) is 65.4 cm³/mol. The van der Waals surface area contributed by atoms with Crippen molar-refractivity contribution in [3.63, 3.8) is 0 Å². The second-order valence-corrected chi connectivity index (χ2v) is 4.61. The topological polar surface area (TPSA) is 12.0 Å². The van der Waals surface area contributed by atoms with Crippen molar-refractivity contribution >= 4 is 0 Å². The largest absolute Gasteiger partial charge is 0.319 e. The zero-order valence-electron chi connectivity index (χ0n) is 10.1. The molecule has 0 radical (unpaired) electrons. The van der Waals surface area contributed by atoms with E-state index in [0.717, 1.165) is 36.9 Å². The summed E-state index contributed by atoms with van der Waals surface area (Å²) in [5.74, 6) is 0.417. The first kappa shape index (κ1) is 11.6. The van der Waals surface area contributed by atoms with E-state index in [-0.39, 0.29) is 5.82 Å². The summed E-state index contributed by atoms with van der Waals surface area (Å²) in [6, 6.07) is 4.08. The van der Waals surface area contributed by atoms with Gasteiger partial charge in [-0.05, 0) is 55.3 Å². The Labute approximate surface area is 97.1 Å². The number of likely N-dealkylation sites (N-methyl/N-ethyl adjacent to an activating group) is 1. The summed E-state index contributed by atoms with van der Waals surface area (Å²) in [5.41, 5.74) is 3.07. The Morgan fingerprint density at radius 1 is 1.44 bits per heavy atom. The molecule has 16 heavy (non-hydrogen) atoms. The fraction of sp³-hybridized carbons (Fsp3) is 0.571. The van der Waals surface area contributed by atoms with Gasteiger partial charge in [0.15, 0.2) is 0 Å². The summed E-state index contributed by atoms with van der Waals surface area (Å²) in [4.78, 5) is 0. The lowest BCUT2D eigenvalue weighted by Gasteiger charge is -2.26. The Balaban J connectivity index is 2.43. The summed E-state index contributed by atoms with van der Waals surface area (Å²) in [7, 11) is 1.94. The van der Waals surface area contributed by atoms with Crippen LogP contribution in [0.5, 0.6) is 0 Å². The summed E-state index contributed by atoms with van der Waals surface area (Å²) in [6.07, 6.45) is 4.12. The second kappa shape index (κ2) is 4.96. The standard InChI is InChI=1S/C14H20FN/c1-3-10-7-8-11-5-4-6-12(9-16-2)13(11)14(10)15/h7-8,12,16H,3-6,9H2,1-2H3. The minimum absolute atomic E-state index is 0.0555. The number of nitrogens with one attached hydrogen (secondary N) is 1. The van der Waals surface area contributed by atoms with Gasteiger partial charge in [-0.15, -0.1) is 0 Å². The van der Waals surface area contributed by atoms with Gasteiger partial charge in [0.25, 0.3) is 0 Å². The van der Waals surface area contributed by atoms with Crippen LogP contribution in [-0.2, 0) is 12.8 Å². The van der Waals surface area contributed by atoms with Crippen molar-refractivity contribution in [1.82, 2.24) is 5.32 Å². The molecule has 0 spiro atoms. The van der Waals surface area contributed by atoms with E-state index in [2.05, 4.69) is 11.4 Å². The molecule has 2 rings (SSSR count). The molecule has 0 amide bonds. The van der Waals surface area contributed by atoms with Gasteiger partial charge in [-0.2, -0.15) is 0 Å². The Kier molecular flexibility index (Phi) is 3.59. The van der Waals surface area contributed by atoms with Crippen LogP contribution in [0.15, 0.2) is 12.1 Å². The average Bonchev–Trinajstić information content (AvgIpc) is 2.30. The molecule has 0 aromatic heterocycles. The van der Waals surface area contributed by atoms with Crippen molar-refractivity contribution in [3.05, 3.63) is 34.6 Å². The molecular weight excluding hydrogens is 201 g/mol. The van der Waals surface area contributed by atoms with Gasteiger partial charge >= 0.3 is 0 Å². The second-order valence-electron chi connectivity index (χ2n) is 4.61. The molecule has 1 nitrogen and oxygen atoms in total. The predicted octanol–water partition coefficient (Wildman–Crippen LogP) is 3.03. The van der Waals surface area contributed by atoms with Crippen LogP contribution in [-0.4, -0.2) is 13.6 Å². The molecular formula is C14H20FN.